The summed E-state index contributed by atoms with van der Waals surface area (Å²) in [5, 5.41) is 3.85. The van der Waals surface area contributed by atoms with E-state index in [1.165, 1.54) is 10.9 Å². The van der Waals surface area contributed by atoms with E-state index in [9.17, 15) is 4.79 Å². The lowest BCUT2D eigenvalue weighted by Crippen LogP contribution is -2.15. The number of anilines is 2. The van der Waals surface area contributed by atoms with Crippen LogP contribution in [0, 0.1) is 0 Å². The first-order valence-electron chi connectivity index (χ1n) is 3.46. The van der Waals surface area contributed by atoms with Gasteiger partial charge in [-0.25, -0.2) is 4.68 Å². The standard InChI is InChI=1S/C6H11N5O/c7-4-3-10-11(6(4)9)2-1-5(8)12/h3H,1-2,7,9H2,(H2,8,12). The van der Waals surface area contributed by atoms with Gasteiger partial charge in [-0.1, -0.05) is 0 Å². The summed E-state index contributed by atoms with van der Waals surface area (Å²) in [6.07, 6.45) is 1.65. The topological polar surface area (TPSA) is 113 Å². The van der Waals surface area contributed by atoms with Crippen LogP contribution in [0.5, 0.6) is 0 Å². The van der Waals surface area contributed by atoms with Crippen LogP contribution in [0.3, 0.4) is 0 Å². The highest BCUT2D eigenvalue weighted by Gasteiger charge is 2.04. The number of nitrogen functional groups attached to an aromatic ring is 2. The molecule has 0 saturated heterocycles. The molecular formula is C6H11N5O. The Morgan fingerprint density at radius 3 is 2.67 bits per heavy atom. The summed E-state index contributed by atoms with van der Waals surface area (Å²) in [6.45, 7) is 0.373. The van der Waals surface area contributed by atoms with Crippen LogP contribution in [0.25, 0.3) is 0 Å². The molecule has 6 nitrogen and oxygen atoms in total. The zero-order valence-corrected chi connectivity index (χ0v) is 6.53. The molecule has 0 saturated carbocycles. The number of carbonyl (C=O) groups excluding carboxylic acids is 1. The second-order valence-corrected chi connectivity index (χ2v) is 2.42. The van der Waals surface area contributed by atoms with Gasteiger partial charge in [0.15, 0.2) is 0 Å². The number of hydrogen-bond acceptors (Lipinski definition) is 4. The number of nitrogens with two attached hydrogens (primary N) is 3. The molecule has 1 aromatic rings. The molecule has 0 aliphatic heterocycles. The number of rotatable bonds is 3. The van der Waals surface area contributed by atoms with E-state index in [1.807, 2.05) is 0 Å². The highest BCUT2D eigenvalue weighted by Crippen LogP contribution is 2.12. The summed E-state index contributed by atoms with van der Waals surface area (Å²) in [7, 11) is 0. The third-order valence-electron chi connectivity index (χ3n) is 1.48. The van der Waals surface area contributed by atoms with Crippen molar-refractivity contribution in [1.29, 1.82) is 0 Å². The van der Waals surface area contributed by atoms with Crippen LogP contribution in [0.4, 0.5) is 11.5 Å². The molecule has 1 aromatic heterocycles. The minimum atomic E-state index is -0.386. The molecule has 0 aromatic carbocycles. The third kappa shape index (κ3) is 1.66. The molecule has 66 valence electrons. The average Bonchev–Trinajstić information content (AvgIpc) is 2.30. The number of amides is 1. The maximum absolute atomic E-state index is 10.4. The Labute approximate surface area is 69.3 Å². The van der Waals surface area contributed by atoms with Gasteiger partial charge in [-0.3, -0.25) is 4.79 Å². The quantitative estimate of drug-likeness (QED) is 0.534. The first kappa shape index (κ1) is 8.38. The molecule has 0 bridgehead atoms. The molecule has 1 heterocycles. The van der Waals surface area contributed by atoms with Crippen molar-refractivity contribution in [2.75, 3.05) is 11.5 Å². The molecule has 0 spiro atoms. The molecule has 0 fully saturated rings. The Kier molecular flexibility index (Phi) is 2.18. The first-order chi connectivity index (χ1) is 5.61. The molecule has 6 N–H and O–H groups in total. The van der Waals surface area contributed by atoms with Crippen molar-refractivity contribution >= 4 is 17.4 Å². The summed E-state index contributed by atoms with van der Waals surface area (Å²) in [6, 6.07) is 0. The number of hydrogen-bond donors (Lipinski definition) is 3. The smallest absolute Gasteiger partial charge is 0.219 e. The summed E-state index contributed by atoms with van der Waals surface area (Å²) in [4.78, 5) is 10.4. The van der Waals surface area contributed by atoms with Crippen molar-refractivity contribution < 1.29 is 4.79 Å². The van der Waals surface area contributed by atoms with Crippen LogP contribution >= 0.6 is 0 Å². The highest BCUT2D eigenvalue weighted by molar-refractivity contribution is 5.73. The summed E-state index contributed by atoms with van der Waals surface area (Å²) >= 11 is 0. The molecule has 0 aliphatic rings. The summed E-state index contributed by atoms with van der Waals surface area (Å²) in [5.41, 5.74) is 16.3. The minimum Gasteiger partial charge on any atom is -0.394 e. The molecule has 12 heavy (non-hydrogen) atoms. The molecule has 0 unspecified atom stereocenters. The zero-order chi connectivity index (χ0) is 9.14. The van der Waals surface area contributed by atoms with Crippen molar-refractivity contribution in [2.24, 2.45) is 5.73 Å². The first-order valence-corrected chi connectivity index (χ1v) is 3.46. The van der Waals surface area contributed by atoms with Crippen molar-refractivity contribution in [2.45, 2.75) is 13.0 Å². The Morgan fingerprint density at radius 1 is 1.58 bits per heavy atom. The van der Waals surface area contributed by atoms with E-state index in [0.717, 1.165) is 0 Å². The van der Waals surface area contributed by atoms with E-state index >= 15 is 0 Å². The van der Waals surface area contributed by atoms with Crippen molar-refractivity contribution in [3.63, 3.8) is 0 Å². The molecule has 0 atom stereocenters. The van der Waals surface area contributed by atoms with E-state index in [1.54, 1.807) is 0 Å². The predicted molar refractivity (Wildman–Crippen MR) is 44.9 cm³/mol. The number of aromatic nitrogens is 2. The van der Waals surface area contributed by atoms with Gasteiger partial charge in [0.2, 0.25) is 5.91 Å². The number of primary amides is 1. The maximum Gasteiger partial charge on any atom is 0.219 e. The lowest BCUT2D eigenvalue weighted by atomic mass is 10.4. The minimum absolute atomic E-state index is 0.214. The molecule has 6 heteroatoms. The van der Waals surface area contributed by atoms with Crippen LogP contribution in [0.1, 0.15) is 6.42 Å². The van der Waals surface area contributed by atoms with Gasteiger partial charge in [-0.15, -0.1) is 0 Å². The molecular weight excluding hydrogens is 158 g/mol. The van der Waals surface area contributed by atoms with Gasteiger partial charge in [0, 0.05) is 6.42 Å². The molecule has 1 amide bonds. The van der Waals surface area contributed by atoms with Crippen molar-refractivity contribution in [3.05, 3.63) is 6.20 Å². The van der Waals surface area contributed by atoms with Gasteiger partial charge >= 0.3 is 0 Å². The fourth-order valence-corrected chi connectivity index (χ4v) is 0.804. The van der Waals surface area contributed by atoms with Crippen LogP contribution in [0.2, 0.25) is 0 Å². The third-order valence-corrected chi connectivity index (χ3v) is 1.48. The van der Waals surface area contributed by atoms with Gasteiger partial charge < -0.3 is 17.2 Å². The molecule has 1 rings (SSSR count). The largest absolute Gasteiger partial charge is 0.394 e. The Hall–Kier alpha value is -1.72. The van der Waals surface area contributed by atoms with E-state index in [2.05, 4.69) is 5.10 Å². The van der Waals surface area contributed by atoms with E-state index in [4.69, 9.17) is 17.2 Å². The zero-order valence-electron chi connectivity index (χ0n) is 6.53. The Balaban J connectivity index is 2.63. The van der Waals surface area contributed by atoms with E-state index in [-0.39, 0.29) is 12.3 Å². The average molecular weight is 169 g/mol. The predicted octanol–water partition coefficient (Wildman–Crippen LogP) is -1.08. The van der Waals surface area contributed by atoms with Gasteiger partial charge in [0.05, 0.1) is 18.4 Å². The molecule has 0 aliphatic carbocycles. The van der Waals surface area contributed by atoms with E-state index < -0.39 is 0 Å². The summed E-state index contributed by atoms with van der Waals surface area (Å²) < 4.78 is 1.44. The van der Waals surface area contributed by atoms with Crippen molar-refractivity contribution in [1.82, 2.24) is 9.78 Å². The monoisotopic (exact) mass is 169 g/mol. The normalized spacial score (nSPS) is 10.0. The SMILES string of the molecule is NC(=O)CCn1ncc(N)c1N. The fourth-order valence-electron chi connectivity index (χ4n) is 0.804. The number of carbonyl (C=O) groups is 1. The summed E-state index contributed by atoms with van der Waals surface area (Å²) in [5.74, 6) is -0.0141. The van der Waals surface area contributed by atoms with Gasteiger partial charge in [0.1, 0.15) is 5.82 Å². The second-order valence-electron chi connectivity index (χ2n) is 2.42. The van der Waals surface area contributed by atoms with Gasteiger partial charge in [-0.05, 0) is 0 Å². The Bertz CT molecular complexity index is 292. The Morgan fingerprint density at radius 2 is 2.25 bits per heavy atom. The van der Waals surface area contributed by atoms with Crippen LogP contribution in [0.15, 0.2) is 6.20 Å². The number of aryl methyl sites for hydroxylation is 1. The lowest BCUT2D eigenvalue weighted by molar-refractivity contribution is -0.118. The van der Waals surface area contributed by atoms with Gasteiger partial charge in [0.25, 0.3) is 0 Å². The van der Waals surface area contributed by atoms with Crippen LogP contribution < -0.4 is 17.2 Å². The van der Waals surface area contributed by atoms with Crippen LogP contribution in [-0.2, 0) is 11.3 Å². The van der Waals surface area contributed by atoms with Gasteiger partial charge in [-0.2, -0.15) is 5.10 Å². The second kappa shape index (κ2) is 3.12. The number of nitrogens with zero attached hydrogens (tertiary/aromatic N) is 2. The fraction of sp³-hybridized carbons (Fsp3) is 0.333. The highest BCUT2D eigenvalue weighted by atomic mass is 16.1. The van der Waals surface area contributed by atoms with Crippen LogP contribution in [-0.4, -0.2) is 15.7 Å². The lowest BCUT2D eigenvalue weighted by Gasteiger charge is -2.00. The molecule has 0 radical (unpaired) electrons. The van der Waals surface area contributed by atoms with Crippen molar-refractivity contribution in [3.8, 4) is 0 Å². The van der Waals surface area contributed by atoms with E-state index in [0.29, 0.717) is 18.1 Å². The maximum atomic E-state index is 10.4.